The highest BCUT2D eigenvalue weighted by molar-refractivity contribution is 6.31. The van der Waals surface area contributed by atoms with E-state index in [0.717, 1.165) is 5.39 Å². The van der Waals surface area contributed by atoms with Gasteiger partial charge in [0.05, 0.1) is 12.6 Å². The van der Waals surface area contributed by atoms with Gasteiger partial charge in [0.1, 0.15) is 5.75 Å². The number of aromatic nitrogens is 1. The van der Waals surface area contributed by atoms with Crippen molar-refractivity contribution in [2.75, 3.05) is 7.11 Å². The van der Waals surface area contributed by atoms with Crippen LogP contribution in [0.25, 0.3) is 10.9 Å². The van der Waals surface area contributed by atoms with Crippen molar-refractivity contribution in [3.05, 3.63) is 39.1 Å². The number of nitrogens with one attached hydrogen (secondary N) is 1. The van der Waals surface area contributed by atoms with E-state index in [1.165, 1.54) is 0 Å². The van der Waals surface area contributed by atoms with Crippen LogP contribution in [0, 0.1) is 6.92 Å². The van der Waals surface area contributed by atoms with Gasteiger partial charge in [0.15, 0.2) is 0 Å². The number of H-pyrrole nitrogens is 1. The molecule has 78 valence electrons. The highest BCUT2D eigenvalue weighted by Crippen LogP contribution is 2.27. The van der Waals surface area contributed by atoms with E-state index in [1.807, 2.05) is 0 Å². The van der Waals surface area contributed by atoms with Crippen LogP contribution in [0.3, 0.4) is 0 Å². The third kappa shape index (κ3) is 1.70. The molecule has 0 unspecified atom stereocenters. The molecule has 1 heterocycles. The van der Waals surface area contributed by atoms with Gasteiger partial charge in [-0.1, -0.05) is 11.6 Å². The van der Waals surface area contributed by atoms with E-state index in [4.69, 9.17) is 16.3 Å². The molecule has 0 radical (unpaired) electrons. The van der Waals surface area contributed by atoms with E-state index < -0.39 is 0 Å². The second-order valence-corrected chi connectivity index (χ2v) is 3.79. The van der Waals surface area contributed by atoms with Gasteiger partial charge in [-0.3, -0.25) is 4.79 Å². The SMILES string of the molecule is COc1cc(Cl)cc2cc(C)c(=O)[nH]c12. The Balaban J connectivity index is 2.91. The van der Waals surface area contributed by atoms with Gasteiger partial charge in [-0.05, 0) is 19.1 Å². The van der Waals surface area contributed by atoms with Crippen LogP contribution >= 0.6 is 11.6 Å². The maximum Gasteiger partial charge on any atom is 0.251 e. The molecular weight excluding hydrogens is 214 g/mol. The molecule has 2 aromatic rings. The third-order valence-corrected chi connectivity index (χ3v) is 2.50. The molecule has 0 atom stereocenters. The van der Waals surface area contributed by atoms with Crippen LogP contribution in [0.15, 0.2) is 23.0 Å². The molecule has 2 rings (SSSR count). The lowest BCUT2D eigenvalue weighted by atomic mass is 10.1. The number of fused-ring (bicyclic) bond motifs is 1. The van der Waals surface area contributed by atoms with Crippen LogP contribution in [-0.2, 0) is 0 Å². The molecule has 0 spiro atoms. The minimum Gasteiger partial charge on any atom is -0.494 e. The van der Waals surface area contributed by atoms with Crippen LogP contribution in [0.5, 0.6) is 5.75 Å². The van der Waals surface area contributed by atoms with Gasteiger partial charge in [-0.2, -0.15) is 0 Å². The summed E-state index contributed by atoms with van der Waals surface area (Å²) in [6, 6.07) is 5.26. The molecule has 0 bridgehead atoms. The fourth-order valence-corrected chi connectivity index (χ4v) is 1.74. The summed E-state index contributed by atoms with van der Waals surface area (Å²) in [5.74, 6) is 0.578. The first-order valence-corrected chi connectivity index (χ1v) is 4.87. The van der Waals surface area contributed by atoms with Crippen molar-refractivity contribution in [3.63, 3.8) is 0 Å². The molecule has 1 aromatic carbocycles. The number of aryl methyl sites for hydroxylation is 1. The number of benzene rings is 1. The number of ether oxygens (including phenoxy) is 1. The molecule has 0 fully saturated rings. The van der Waals surface area contributed by atoms with Gasteiger partial charge in [-0.25, -0.2) is 0 Å². The Morgan fingerprint density at radius 3 is 2.73 bits per heavy atom. The first kappa shape index (κ1) is 10.1. The molecule has 1 aromatic heterocycles. The van der Waals surface area contributed by atoms with Crippen LogP contribution in [0.1, 0.15) is 5.56 Å². The fourth-order valence-electron chi connectivity index (χ4n) is 1.52. The second-order valence-electron chi connectivity index (χ2n) is 3.35. The highest BCUT2D eigenvalue weighted by Gasteiger charge is 2.06. The Morgan fingerprint density at radius 2 is 2.07 bits per heavy atom. The van der Waals surface area contributed by atoms with E-state index in [1.54, 1.807) is 32.2 Å². The summed E-state index contributed by atoms with van der Waals surface area (Å²) < 4.78 is 5.15. The topological polar surface area (TPSA) is 42.1 Å². The van der Waals surface area contributed by atoms with Gasteiger partial charge in [0.2, 0.25) is 0 Å². The zero-order valence-electron chi connectivity index (χ0n) is 8.43. The summed E-state index contributed by atoms with van der Waals surface area (Å²) in [5.41, 5.74) is 1.23. The smallest absolute Gasteiger partial charge is 0.251 e. The number of rotatable bonds is 1. The van der Waals surface area contributed by atoms with Gasteiger partial charge in [0.25, 0.3) is 5.56 Å². The van der Waals surface area contributed by atoms with Crippen LogP contribution < -0.4 is 10.3 Å². The predicted molar refractivity (Wildman–Crippen MR) is 60.9 cm³/mol. The summed E-state index contributed by atoms with van der Waals surface area (Å²) in [4.78, 5) is 14.2. The fraction of sp³-hybridized carbons (Fsp3) is 0.182. The van der Waals surface area contributed by atoms with Gasteiger partial charge < -0.3 is 9.72 Å². The van der Waals surface area contributed by atoms with Crippen LogP contribution in [0.4, 0.5) is 0 Å². The first-order chi connectivity index (χ1) is 7.11. The Bertz CT molecular complexity index is 575. The minimum absolute atomic E-state index is 0.108. The molecule has 0 aliphatic rings. The lowest BCUT2D eigenvalue weighted by Crippen LogP contribution is -2.09. The standard InChI is InChI=1S/C11H10ClNO2/c1-6-3-7-4-8(12)5-9(15-2)10(7)13-11(6)14/h3-5H,1-2H3,(H,13,14). The summed E-state index contributed by atoms with van der Waals surface area (Å²) in [7, 11) is 1.54. The zero-order chi connectivity index (χ0) is 11.0. The van der Waals surface area contributed by atoms with Crippen LogP contribution in [-0.4, -0.2) is 12.1 Å². The first-order valence-electron chi connectivity index (χ1n) is 4.49. The monoisotopic (exact) mass is 223 g/mol. The van der Waals surface area contributed by atoms with E-state index >= 15 is 0 Å². The minimum atomic E-state index is -0.108. The van der Waals surface area contributed by atoms with Gasteiger partial charge in [-0.15, -0.1) is 0 Å². The normalized spacial score (nSPS) is 10.6. The molecule has 15 heavy (non-hydrogen) atoms. The van der Waals surface area contributed by atoms with Crippen molar-refractivity contribution in [1.82, 2.24) is 4.98 Å². The highest BCUT2D eigenvalue weighted by atomic mass is 35.5. The molecule has 1 N–H and O–H groups in total. The number of hydrogen-bond acceptors (Lipinski definition) is 2. The predicted octanol–water partition coefficient (Wildman–Crippen LogP) is 2.50. The molecule has 4 heteroatoms. The largest absolute Gasteiger partial charge is 0.494 e. The summed E-state index contributed by atoms with van der Waals surface area (Å²) in [5, 5.41) is 1.46. The molecule has 0 aliphatic heterocycles. The third-order valence-electron chi connectivity index (χ3n) is 2.29. The van der Waals surface area contributed by atoms with Crippen molar-refractivity contribution in [2.45, 2.75) is 6.92 Å². The molecule has 3 nitrogen and oxygen atoms in total. The molecular formula is C11H10ClNO2. The van der Waals surface area contributed by atoms with E-state index in [0.29, 0.717) is 21.9 Å². The maximum atomic E-state index is 11.4. The quantitative estimate of drug-likeness (QED) is 0.807. The summed E-state index contributed by atoms with van der Waals surface area (Å²) >= 11 is 5.92. The average Bonchev–Trinajstić information content (AvgIpc) is 2.19. The lowest BCUT2D eigenvalue weighted by molar-refractivity contribution is 0.419. The van der Waals surface area contributed by atoms with Crippen molar-refractivity contribution in [3.8, 4) is 5.75 Å². The Labute approximate surface area is 91.6 Å². The number of hydrogen-bond donors (Lipinski definition) is 1. The number of pyridine rings is 1. The van der Waals surface area contributed by atoms with E-state index in [-0.39, 0.29) is 5.56 Å². The zero-order valence-corrected chi connectivity index (χ0v) is 9.18. The Hall–Kier alpha value is -1.48. The van der Waals surface area contributed by atoms with E-state index in [2.05, 4.69) is 4.98 Å². The maximum absolute atomic E-state index is 11.4. The second kappa shape index (κ2) is 3.59. The van der Waals surface area contributed by atoms with Crippen molar-refractivity contribution < 1.29 is 4.74 Å². The number of aromatic amines is 1. The van der Waals surface area contributed by atoms with Gasteiger partial charge >= 0.3 is 0 Å². The average molecular weight is 224 g/mol. The van der Waals surface area contributed by atoms with Crippen LogP contribution in [0.2, 0.25) is 5.02 Å². The lowest BCUT2D eigenvalue weighted by Gasteiger charge is -2.06. The molecule has 0 amide bonds. The van der Waals surface area contributed by atoms with Crippen molar-refractivity contribution >= 4 is 22.5 Å². The van der Waals surface area contributed by atoms with E-state index in [9.17, 15) is 4.79 Å². The summed E-state index contributed by atoms with van der Waals surface area (Å²) in [6.07, 6.45) is 0. The Kier molecular flexibility index (Phi) is 2.40. The molecule has 0 aliphatic carbocycles. The van der Waals surface area contributed by atoms with Crippen molar-refractivity contribution in [2.24, 2.45) is 0 Å². The molecule has 0 saturated carbocycles. The molecule has 0 saturated heterocycles. The Morgan fingerprint density at radius 1 is 1.33 bits per heavy atom. The number of halogens is 1. The number of methoxy groups -OCH3 is 1. The van der Waals surface area contributed by atoms with Gasteiger partial charge in [0, 0.05) is 22.0 Å². The summed E-state index contributed by atoms with van der Waals surface area (Å²) in [6.45, 7) is 1.76. The van der Waals surface area contributed by atoms with Crippen molar-refractivity contribution in [1.29, 1.82) is 0 Å².